The van der Waals surface area contributed by atoms with E-state index in [1.165, 1.54) is 0 Å². The topological polar surface area (TPSA) is 63.2 Å². The minimum Gasteiger partial charge on any atom is -0.454 e. The Bertz CT molecular complexity index is 1050. The third-order valence-corrected chi connectivity index (χ3v) is 5.80. The Labute approximate surface area is 172 Å². The van der Waals surface area contributed by atoms with Gasteiger partial charge in [-0.2, -0.15) is 0 Å². The molecule has 2 atom stereocenters. The summed E-state index contributed by atoms with van der Waals surface area (Å²) in [6, 6.07) is 10.3. The van der Waals surface area contributed by atoms with Crippen LogP contribution in [0, 0.1) is 0 Å². The van der Waals surface area contributed by atoms with Gasteiger partial charge in [0.25, 0.3) is 5.79 Å². The Kier molecular flexibility index (Phi) is 4.13. The van der Waals surface area contributed by atoms with Gasteiger partial charge >= 0.3 is 0 Å². The van der Waals surface area contributed by atoms with Crippen LogP contribution in [-0.4, -0.2) is 31.4 Å². The molecule has 0 aliphatic carbocycles. The lowest BCUT2D eigenvalue weighted by Gasteiger charge is -2.49. The van der Waals surface area contributed by atoms with Gasteiger partial charge in [0.2, 0.25) is 18.2 Å². The summed E-state index contributed by atoms with van der Waals surface area (Å²) < 4.78 is 29.8. The molecule has 2 aromatic rings. The van der Waals surface area contributed by atoms with Gasteiger partial charge in [0.15, 0.2) is 11.5 Å². The van der Waals surface area contributed by atoms with Crippen molar-refractivity contribution in [2.45, 2.75) is 25.2 Å². The number of ether oxygens (including phenoxy) is 5. The van der Waals surface area contributed by atoms with Crippen molar-refractivity contribution in [2.24, 2.45) is 0 Å². The van der Waals surface area contributed by atoms with Gasteiger partial charge in [-0.05, 0) is 55.8 Å². The zero-order valence-electron chi connectivity index (χ0n) is 16.0. The SMILES string of the molecule is CCO[C@]1(c2ccc3c(c2)OCO3)Oc2ccc(Cl)cc2C(=O)[C@]12OCC=C2C. The van der Waals surface area contributed by atoms with Gasteiger partial charge in [0, 0.05) is 17.2 Å². The van der Waals surface area contributed by atoms with E-state index >= 15 is 0 Å². The van der Waals surface area contributed by atoms with Crippen LogP contribution >= 0.6 is 11.6 Å². The van der Waals surface area contributed by atoms with Crippen molar-refractivity contribution in [3.8, 4) is 17.2 Å². The quantitative estimate of drug-likeness (QED) is 0.700. The highest BCUT2D eigenvalue weighted by Crippen LogP contribution is 2.54. The second-order valence-electron chi connectivity index (χ2n) is 7.07. The standard InChI is InChI=1S/C22H19ClO6/c1-3-27-22(14-4-6-18-19(10-14)26-12-25-18)21(13(2)8-9-28-21)20(24)16-11-15(23)5-7-17(16)29-22/h4-8,10-11H,3,9,12H2,1-2H3/t21-,22+/m0/s1. The summed E-state index contributed by atoms with van der Waals surface area (Å²) in [4.78, 5) is 13.9. The highest BCUT2D eigenvalue weighted by atomic mass is 35.5. The van der Waals surface area contributed by atoms with E-state index in [-0.39, 0.29) is 19.2 Å². The average Bonchev–Trinajstić information content (AvgIpc) is 3.34. The Morgan fingerprint density at radius 1 is 1.10 bits per heavy atom. The zero-order chi connectivity index (χ0) is 20.2. The first-order valence-electron chi connectivity index (χ1n) is 9.40. The first kappa shape index (κ1) is 18.5. The molecular formula is C22H19ClO6. The van der Waals surface area contributed by atoms with E-state index in [4.69, 9.17) is 35.3 Å². The van der Waals surface area contributed by atoms with Crippen molar-refractivity contribution in [3.63, 3.8) is 0 Å². The van der Waals surface area contributed by atoms with Crippen LogP contribution in [0.5, 0.6) is 17.2 Å². The Morgan fingerprint density at radius 2 is 1.90 bits per heavy atom. The van der Waals surface area contributed by atoms with E-state index in [2.05, 4.69) is 0 Å². The lowest BCUT2D eigenvalue weighted by atomic mass is 9.74. The molecule has 29 heavy (non-hydrogen) atoms. The molecule has 0 unspecified atom stereocenters. The molecule has 2 aromatic carbocycles. The third kappa shape index (κ3) is 2.40. The number of carbonyl (C=O) groups excluding carboxylic acids is 1. The maximum Gasteiger partial charge on any atom is 0.278 e. The molecule has 0 radical (unpaired) electrons. The molecule has 0 bridgehead atoms. The number of hydrogen-bond donors (Lipinski definition) is 0. The lowest BCUT2D eigenvalue weighted by Crippen LogP contribution is -2.65. The maximum atomic E-state index is 13.9. The van der Waals surface area contributed by atoms with Gasteiger partial charge in [-0.1, -0.05) is 17.7 Å². The number of halogens is 1. The highest BCUT2D eigenvalue weighted by Gasteiger charge is 2.67. The van der Waals surface area contributed by atoms with Crippen LogP contribution in [0.15, 0.2) is 48.0 Å². The van der Waals surface area contributed by atoms with Crippen LogP contribution in [0.4, 0.5) is 0 Å². The zero-order valence-corrected chi connectivity index (χ0v) is 16.7. The fourth-order valence-electron chi connectivity index (χ4n) is 4.26. The molecule has 3 heterocycles. The van der Waals surface area contributed by atoms with Gasteiger partial charge in [-0.3, -0.25) is 4.79 Å². The summed E-state index contributed by atoms with van der Waals surface area (Å²) in [5, 5.41) is 0.447. The number of hydrogen-bond acceptors (Lipinski definition) is 6. The maximum absolute atomic E-state index is 13.9. The molecule has 5 rings (SSSR count). The first-order chi connectivity index (χ1) is 14.0. The van der Waals surface area contributed by atoms with Crippen LogP contribution in [0.1, 0.15) is 29.8 Å². The minimum atomic E-state index is -1.53. The molecule has 0 aromatic heterocycles. The molecule has 0 fully saturated rings. The molecular weight excluding hydrogens is 396 g/mol. The molecule has 3 aliphatic heterocycles. The van der Waals surface area contributed by atoms with Crippen molar-refractivity contribution in [2.75, 3.05) is 20.0 Å². The molecule has 150 valence electrons. The van der Waals surface area contributed by atoms with E-state index in [9.17, 15) is 4.79 Å². The van der Waals surface area contributed by atoms with Crippen molar-refractivity contribution in [1.82, 2.24) is 0 Å². The molecule has 7 heteroatoms. The summed E-state index contributed by atoms with van der Waals surface area (Å²) in [6.45, 7) is 4.41. The second kappa shape index (κ2) is 6.49. The molecule has 0 amide bonds. The lowest BCUT2D eigenvalue weighted by molar-refractivity contribution is -0.271. The monoisotopic (exact) mass is 414 g/mol. The van der Waals surface area contributed by atoms with Crippen molar-refractivity contribution in [3.05, 3.63) is 64.2 Å². The summed E-state index contributed by atoms with van der Waals surface area (Å²) in [5.74, 6) is -0.201. The Balaban J connectivity index is 1.79. The Hall–Kier alpha value is -2.54. The molecule has 0 N–H and O–H groups in total. The number of Topliss-reactive ketones (excluding diaryl/α,β-unsaturated/α-hetero) is 1. The summed E-state index contributed by atoms with van der Waals surface area (Å²) in [6.07, 6.45) is 1.87. The molecule has 0 saturated carbocycles. The fraction of sp³-hybridized carbons (Fsp3) is 0.318. The van der Waals surface area contributed by atoms with Crippen LogP contribution in [0.25, 0.3) is 0 Å². The minimum absolute atomic E-state index is 0.141. The number of benzene rings is 2. The van der Waals surface area contributed by atoms with Crippen LogP contribution < -0.4 is 14.2 Å². The van der Waals surface area contributed by atoms with E-state index < -0.39 is 11.4 Å². The van der Waals surface area contributed by atoms with Gasteiger partial charge < -0.3 is 23.7 Å². The number of rotatable bonds is 3. The Morgan fingerprint density at radius 3 is 2.66 bits per heavy atom. The average molecular weight is 415 g/mol. The first-order valence-corrected chi connectivity index (χ1v) is 9.78. The van der Waals surface area contributed by atoms with Gasteiger partial charge in [0.1, 0.15) is 5.75 Å². The van der Waals surface area contributed by atoms with Crippen molar-refractivity contribution < 1.29 is 28.5 Å². The van der Waals surface area contributed by atoms with Crippen LogP contribution in [0.2, 0.25) is 5.02 Å². The van der Waals surface area contributed by atoms with E-state index in [0.717, 1.165) is 5.57 Å². The molecule has 0 saturated heterocycles. The summed E-state index contributed by atoms with van der Waals surface area (Å²) in [5.41, 5.74) is 0.212. The number of carbonyl (C=O) groups is 1. The summed E-state index contributed by atoms with van der Waals surface area (Å²) in [7, 11) is 0. The second-order valence-corrected chi connectivity index (χ2v) is 7.51. The fourth-order valence-corrected chi connectivity index (χ4v) is 4.44. The molecule has 1 spiro atoms. The van der Waals surface area contributed by atoms with Crippen molar-refractivity contribution >= 4 is 17.4 Å². The number of ketones is 1. The predicted molar refractivity (Wildman–Crippen MR) is 105 cm³/mol. The van der Waals surface area contributed by atoms with Crippen LogP contribution in [0.3, 0.4) is 0 Å². The smallest absolute Gasteiger partial charge is 0.278 e. The van der Waals surface area contributed by atoms with E-state index in [1.807, 2.05) is 26.0 Å². The summed E-state index contributed by atoms with van der Waals surface area (Å²) >= 11 is 6.16. The van der Waals surface area contributed by atoms with E-state index in [0.29, 0.717) is 40.0 Å². The number of fused-ring (bicyclic) bond motifs is 2. The van der Waals surface area contributed by atoms with Crippen molar-refractivity contribution in [1.29, 1.82) is 0 Å². The van der Waals surface area contributed by atoms with Gasteiger partial charge in [0.05, 0.1) is 12.2 Å². The third-order valence-electron chi connectivity index (χ3n) is 5.57. The predicted octanol–water partition coefficient (Wildman–Crippen LogP) is 4.25. The van der Waals surface area contributed by atoms with E-state index in [1.54, 1.807) is 30.3 Å². The normalized spacial score (nSPS) is 27.0. The molecule has 6 nitrogen and oxygen atoms in total. The highest BCUT2D eigenvalue weighted by molar-refractivity contribution is 6.31. The van der Waals surface area contributed by atoms with Gasteiger partial charge in [-0.15, -0.1) is 0 Å². The largest absolute Gasteiger partial charge is 0.454 e. The van der Waals surface area contributed by atoms with Gasteiger partial charge in [-0.25, -0.2) is 0 Å². The van der Waals surface area contributed by atoms with Crippen LogP contribution in [-0.2, 0) is 15.3 Å². The molecule has 3 aliphatic rings.